The molecule has 1 rings (SSSR count). The second kappa shape index (κ2) is 3.39. The second-order valence-electron chi connectivity index (χ2n) is 3.56. The van der Waals surface area contributed by atoms with Crippen LogP contribution >= 0.6 is 22.6 Å². The number of alkyl halides is 1. The minimum atomic E-state index is 0.103. The van der Waals surface area contributed by atoms with Crippen LogP contribution in [0, 0.1) is 0 Å². The molecular weight excluding hydrogens is 239 g/mol. The molecule has 0 aromatic rings. The van der Waals surface area contributed by atoms with E-state index in [1.54, 1.807) is 0 Å². The van der Waals surface area contributed by atoms with Gasteiger partial charge < -0.3 is 4.74 Å². The van der Waals surface area contributed by atoms with Crippen molar-refractivity contribution in [3.05, 3.63) is 0 Å². The Balaban J connectivity index is 2.21. The Morgan fingerprint density at radius 2 is 2.10 bits per heavy atom. The van der Waals surface area contributed by atoms with Crippen LogP contribution in [0.1, 0.15) is 33.1 Å². The Kier molecular flexibility index (Phi) is 2.98. The van der Waals surface area contributed by atoms with Crippen molar-refractivity contribution in [1.82, 2.24) is 0 Å². The monoisotopic (exact) mass is 254 g/mol. The molecule has 0 unspecified atom stereocenters. The van der Waals surface area contributed by atoms with E-state index in [-0.39, 0.29) is 5.60 Å². The van der Waals surface area contributed by atoms with Gasteiger partial charge in [0.15, 0.2) is 0 Å². The first-order valence-corrected chi connectivity index (χ1v) is 5.40. The molecule has 2 heteroatoms. The van der Waals surface area contributed by atoms with Gasteiger partial charge in [0.1, 0.15) is 0 Å². The molecule has 60 valence electrons. The van der Waals surface area contributed by atoms with Gasteiger partial charge in [-0.15, -0.1) is 0 Å². The second-order valence-corrected chi connectivity index (χ2v) is 4.33. The molecule has 0 atom stereocenters. The molecule has 0 heterocycles. The molecular formula is C8H15IO. The first-order valence-electron chi connectivity index (χ1n) is 3.88. The van der Waals surface area contributed by atoms with Gasteiger partial charge in [0, 0.05) is 4.43 Å². The van der Waals surface area contributed by atoms with Crippen LogP contribution in [-0.4, -0.2) is 16.1 Å². The van der Waals surface area contributed by atoms with Crippen molar-refractivity contribution in [3.8, 4) is 0 Å². The maximum Gasteiger partial charge on any atom is 0.0719 e. The van der Waals surface area contributed by atoms with Crippen LogP contribution in [0.3, 0.4) is 0 Å². The number of halogens is 1. The van der Waals surface area contributed by atoms with Crippen molar-refractivity contribution in [1.29, 1.82) is 0 Å². The highest BCUT2D eigenvalue weighted by Gasteiger charge is 2.26. The van der Waals surface area contributed by atoms with Crippen molar-refractivity contribution in [3.63, 3.8) is 0 Å². The quantitative estimate of drug-likeness (QED) is 0.555. The normalized spacial score (nSPS) is 20.7. The number of hydrogen-bond donors (Lipinski definition) is 0. The summed E-state index contributed by atoms with van der Waals surface area (Å²) in [5.74, 6) is 0. The molecule has 0 aromatic heterocycles. The summed E-state index contributed by atoms with van der Waals surface area (Å²) in [6.07, 6.45) is 4.49. The van der Waals surface area contributed by atoms with Crippen LogP contribution in [0.25, 0.3) is 0 Å². The smallest absolute Gasteiger partial charge is 0.0719 e. The van der Waals surface area contributed by atoms with E-state index in [0.717, 1.165) is 4.43 Å². The van der Waals surface area contributed by atoms with Crippen LogP contribution in [-0.2, 0) is 4.74 Å². The molecule has 1 nitrogen and oxygen atoms in total. The predicted molar refractivity (Wildman–Crippen MR) is 51.7 cm³/mol. The lowest BCUT2D eigenvalue weighted by atomic mass is 9.95. The van der Waals surface area contributed by atoms with Gasteiger partial charge in [0.2, 0.25) is 0 Å². The lowest BCUT2D eigenvalue weighted by molar-refractivity contribution is -0.0874. The molecule has 0 bridgehead atoms. The molecule has 0 aliphatic heterocycles. The Morgan fingerprint density at radius 1 is 1.50 bits per heavy atom. The summed E-state index contributed by atoms with van der Waals surface area (Å²) >= 11 is 2.38. The maximum atomic E-state index is 5.82. The highest BCUT2D eigenvalue weighted by molar-refractivity contribution is 14.1. The molecule has 0 aromatic carbocycles. The van der Waals surface area contributed by atoms with Gasteiger partial charge >= 0.3 is 0 Å². The molecule has 0 radical (unpaired) electrons. The van der Waals surface area contributed by atoms with Crippen molar-refractivity contribution in [2.24, 2.45) is 0 Å². The van der Waals surface area contributed by atoms with E-state index in [2.05, 4.69) is 36.4 Å². The summed E-state index contributed by atoms with van der Waals surface area (Å²) in [4.78, 5) is 0. The molecule has 0 spiro atoms. The van der Waals surface area contributed by atoms with E-state index in [4.69, 9.17) is 4.74 Å². The molecule has 1 saturated carbocycles. The minimum absolute atomic E-state index is 0.103. The van der Waals surface area contributed by atoms with Crippen LogP contribution in [0.15, 0.2) is 0 Å². The largest absolute Gasteiger partial charge is 0.372 e. The lowest BCUT2D eigenvalue weighted by Gasteiger charge is -2.34. The predicted octanol–water partition coefficient (Wildman–Crippen LogP) is 2.77. The zero-order valence-electron chi connectivity index (χ0n) is 6.69. The number of hydrogen-bond acceptors (Lipinski definition) is 1. The van der Waals surface area contributed by atoms with Crippen molar-refractivity contribution >= 4 is 22.6 Å². The Hall–Kier alpha value is 0.690. The fraction of sp³-hybridized carbons (Fsp3) is 1.00. The highest BCUT2D eigenvalue weighted by atomic mass is 127. The van der Waals surface area contributed by atoms with Crippen molar-refractivity contribution in [2.45, 2.75) is 44.8 Å². The standard InChI is InChI=1S/C8H15IO/c1-8(2,6-9)10-7-4-3-5-7/h7H,3-6H2,1-2H3. The number of ether oxygens (including phenoxy) is 1. The zero-order valence-corrected chi connectivity index (χ0v) is 8.85. The summed E-state index contributed by atoms with van der Waals surface area (Å²) in [5.41, 5.74) is 0.103. The van der Waals surface area contributed by atoms with E-state index < -0.39 is 0 Å². The third-order valence-electron chi connectivity index (χ3n) is 1.86. The fourth-order valence-electron chi connectivity index (χ4n) is 0.971. The third-order valence-corrected chi connectivity index (χ3v) is 3.70. The first-order chi connectivity index (χ1) is 4.64. The Bertz CT molecular complexity index is 108. The van der Waals surface area contributed by atoms with Gasteiger partial charge in [-0.2, -0.15) is 0 Å². The molecule has 0 amide bonds. The van der Waals surface area contributed by atoms with E-state index in [9.17, 15) is 0 Å². The average molecular weight is 254 g/mol. The molecule has 1 fully saturated rings. The summed E-state index contributed by atoms with van der Waals surface area (Å²) in [7, 11) is 0. The third kappa shape index (κ3) is 2.38. The Labute approximate surface area is 76.7 Å². The topological polar surface area (TPSA) is 9.23 Å². The van der Waals surface area contributed by atoms with Crippen LogP contribution in [0.2, 0.25) is 0 Å². The molecule has 0 saturated heterocycles. The van der Waals surface area contributed by atoms with Gasteiger partial charge in [-0.25, -0.2) is 0 Å². The van der Waals surface area contributed by atoms with Gasteiger partial charge in [0.05, 0.1) is 11.7 Å². The van der Waals surface area contributed by atoms with E-state index in [1.807, 2.05) is 0 Å². The highest BCUT2D eigenvalue weighted by Crippen LogP contribution is 2.27. The Morgan fingerprint density at radius 3 is 2.40 bits per heavy atom. The summed E-state index contributed by atoms with van der Waals surface area (Å²) in [6, 6.07) is 0. The first kappa shape index (κ1) is 8.78. The van der Waals surface area contributed by atoms with Gasteiger partial charge in [-0.05, 0) is 33.1 Å². The lowest BCUT2D eigenvalue weighted by Crippen LogP contribution is -2.35. The number of rotatable bonds is 3. The average Bonchev–Trinajstić information content (AvgIpc) is 1.80. The van der Waals surface area contributed by atoms with Crippen LogP contribution < -0.4 is 0 Å². The molecule has 1 aliphatic carbocycles. The molecule has 10 heavy (non-hydrogen) atoms. The summed E-state index contributed by atoms with van der Waals surface area (Å²) < 4.78 is 6.90. The van der Waals surface area contributed by atoms with Crippen LogP contribution in [0.5, 0.6) is 0 Å². The SMILES string of the molecule is CC(C)(CI)OC1CCC1. The van der Waals surface area contributed by atoms with E-state index in [1.165, 1.54) is 19.3 Å². The van der Waals surface area contributed by atoms with Gasteiger partial charge in [-0.1, -0.05) is 22.6 Å². The minimum Gasteiger partial charge on any atom is -0.372 e. The van der Waals surface area contributed by atoms with Crippen molar-refractivity contribution < 1.29 is 4.74 Å². The van der Waals surface area contributed by atoms with E-state index >= 15 is 0 Å². The molecule has 0 N–H and O–H groups in total. The summed E-state index contributed by atoms with van der Waals surface area (Å²) in [6.45, 7) is 4.33. The van der Waals surface area contributed by atoms with Crippen LogP contribution in [0.4, 0.5) is 0 Å². The molecule has 1 aliphatic rings. The summed E-state index contributed by atoms with van der Waals surface area (Å²) in [5, 5.41) is 0. The fourth-order valence-corrected chi connectivity index (χ4v) is 1.15. The maximum absolute atomic E-state index is 5.82. The zero-order chi connectivity index (χ0) is 7.61. The van der Waals surface area contributed by atoms with Gasteiger partial charge in [0.25, 0.3) is 0 Å². The van der Waals surface area contributed by atoms with Crippen molar-refractivity contribution in [2.75, 3.05) is 4.43 Å². The van der Waals surface area contributed by atoms with Gasteiger partial charge in [-0.3, -0.25) is 0 Å². The van der Waals surface area contributed by atoms with E-state index in [0.29, 0.717) is 6.10 Å².